The zero-order chi connectivity index (χ0) is 17.6. The van der Waals surface area contributed by atoms with Crippen LogP contribution in [0.1, 0.15) is 16.7 Å². The van der Waals surface area contributed by atoms with Crippen LogP contribution in [0.2, 0.25) is 0 Å². The maximum atomic E-state index is 9.99. The zero-order valence-corrected chi connectivity index (χ0v) is 14.4. The van der Waals surface area contributed by atoms with Gasteiger partial charge in [0, 0.05) is 31.7 Å². The highest BCUT2D eigenvalue weighted by Crippen LogP contribution is 2.31. The maximum absolute atomic E-state index is 9.99. The van der Waals surface area contributed by atoms with E-state index in [0.717, 1.165) is 31.0 Å². The summed E-state index contributed by atoms with van der Waals surface area (Å²) in [5.74, 6) is 1.61. The van der Waals surface area contributed by atoms with Gasteiger partial charge in [-0.2, -0.15) is 5.26 Å². The van der Waals surface area contributed by atoms with E-state index in [0.29, 0.717) is 18.7 Å². The van der Waals surface area contributed by atoms with E-state index >= 15 is 0 Å². The van der Waals surface area contributed by atoms with Crippen molar-refractivity contribution in [3.05, 3.63) is 59.2 Å². The van der Waals surface area contributed by atoms with Crippen molar-refractivity contribution >= 4 is 0 Å². The highest BCUT2D eigenvalue weighted by molar-refractivity contribution is 5.45. The van der Waals surface area contributed by atoms with Gasteiger partial charge in [-0.1, -0.05) is 12.1 Å². The number of ether oxygens (including phenoxy) is 1. The van der Waals surface area contributed by atoms with Crippen LogP contribution in [0.4, 0.5) is 0 Å². The summed E-state index contributed by atoms with van der Waals surface area (Å²) in [6, 6.07) is 15.4. The van der Waals surface area contributed by atoms with E-state index in [1.54, 1.807) is 12.1 Å². The van der Waals surface area contributed by atoms with Crippen LogP contribution in [-0.2, 0) is 13.0 Å². The topological polar surface area (TPSA) is 68.5 Å². The molecule has 1 heterocycles. The Labute approximate surface area is 148 Å². The van der Waals surface area contributed by atoms with Gasteiger partial charge in [0.25, 0.3) is 0 Å². The molecule has 0 aliphatic carbocycles. The molecule has 0 fully saturated rings. The van der Waals surface area contributed by atoms with Crippen molar-refractivity contribution in [1.82, 2.24) is 10.2 Å². The van der Waals surface area contributed by atoms with Gasteiger partial charge < -0.3 is 15.2 Å². The Morgan fingerprint density at radius 2 is 2.08 bits per heavy atom. The second-order valence-electron chi connectivity index (χ2n) is 6.33. The van der Waals surface area contributed by atoms with Crippen LogP contribution in [0.5, 0.6) is 11.5 Å². The van der Waals surface area contributed by atoms with Gasteiger partial charge in [0.2, 0.25) is 0 Å². The molecule has 0 spiro atoms. The monoisotopic (exact) mass is 337 g/mol. The molecule has 130 valence electrons. The number of nitrogens with zero attached hydrogens (tertiary/aromatic N) is 2. The van der Waals surface area contributed by atoms with Gasteiger partial charge in [-0.05, 0) is 49.4 Å². The maximum Gasteiger partial charge on any atom is 0.130 e. The van der Waals surface area contributed by atoms with Crippen LogP contribution in [0.3, 0.4) is 0 Å². The molecule has 5 heteroatoms. The molecule has 0 radical (unpaired) electrons. The highest BCUT2D eigenvalue weighted by Gasteiger charge is 2.21. The van der Waals surface area contributed by atoms with E-state index in [2.05, 4.69) is 22.4 Å². The first kappa shape index (κ1) is 17.4. The number of aliphatic hydroxyl groups excluding tert-OH is 1. The first-order valence-corrected chi connectivity index (χ1v) is 8.53. The second-order valence-corrected chi connectivity index (χ2v) is 6.33. The molecule has 2 aromatic rings. The fourth-order valence-corrected chi connectivity index (χ4v) is 3.21. The lowest BCUT2D eigenvalue weighted by Crippen LogP contribution is -2.40. The van der Waals surface area contributed by atoms with Crippen molar-refractivity contribution in [3.8, 4) is 17.6 Å². The Morgan fingerprint density at radius 3 is 2.80 bits per heavy atom. The van der Waals surface area contributed by atoms with Crippen molar-refractivity contribution in [1.29, 1.82) is 5.26 Å². The molecule has 0 bridgehead atoms. The van der Waals surface area contributed by atoms with Crippen molar-refractivity contribution in [2.45, 2.75) is 19.1 Å². The predicted octanol–water partition coefficient (Wildman–Crippen LogP) is 2.29. The number of aliphatic hydroxyl groups is 1. The van der Waals surface area contributed by atoms with Gasteiger partial charge in [-0.3, -0.25) is 4.90 Å². The molecule has 3 rings (SSSR count). The van der Waals surface area contributed by atoms with Crippen LogP contribution < -0.4 is 10.1 Å². The molecule has 2 N–H and O–H groups in total. The summed E-state index contributed by atoms with van der Waals surface area (Å²) in [6.45, 7) is 2.99. The molecule has 0 amide bonds. The first-order chi connectivity index (χ1) is 12.2. The Morgan fingerprint density at radius 1 is 1.28 bits per heavy atom. The number of hydrogen-bond acceptors (Lipinski definition) is 5. The minimum absolute atomic E-state index is 0.357. The number of likely N-dealkylation sites (N-methyl/N-ethyl adjacent to an activating group) is 1. The molecular weight excluding hydrogens is 314 g/mol. The molecular formula is C20H23N3O2. The number of β-amino-alcohol motifs (C(OH)–C–C–N with tert-alkyl or cyclic N) is 1. The van der Waals surface area contributed by atoms with Gasteiger partial charge in [0.05, 0.1) is 17.7 Å². The number of fused-ring (bicyclic) bond motifs is 1. The fourth-order valence-electron chi connectivity index (χ4n) is 3.21. The summed E-state index contributed by atoms with van der Waals surface area (Å²) in [4.78, 5) is 2.27. The zero-order valence-electron chi connectivity index (χ0n) is 14.4. The summed E-state index contributed by atoms with van der Waals surface area (Å²) < 4.78 is 6.04. The Kier molecular flexibility index (Phi) is 5.67. The summed E-state index contributed by atoms with van der Waals surface area (Å²) >= 11 is 0. The van der Waals surface area contributed by atoms with Gasteiger partial charge in [0.15, 0.2) is 0 Å². The van der Waals surface area contributed by atoms with Crippen LogP contribution >= 0.6 is 0 Å². The molecule has 25 heavy (non-hydrogen) atoms. The molecule has 0 saturated heterocycles. The van der Waals surface area contributed by atoms with E-state index in [1.807, 2.05) is 31.3 Å². The minimum Gasteiger partial charge on any atom is -0.457 e. The van der Waals surface area contributed by atoms with Crippen LogP contribution in [-0.4, -0.2) is 42.8 Å². The van der Waals surface area contributed by atoms with E-state index < -0.39 is 0 Å². The van der Waals surface area contributed by atoms with E-state index in [4.69, 9.17) is 10.00 Å². The van der Waals surface area contributed by atoms with Crippen LogP contribution in [0.15, 0.2) is 42.5 Å². The van der Waals surface area contributed by atoms with E-state index in [1.165, 1.54) is 11.1 Å². The number of nitriles is 1. The lowest BCUT2D eigenvalue weighted by Gasteiger charge is -2.31. The normalized spacial score (nSPS) is 15.2. The third-order valence-electron chi connectivity index (χ3n) is 4.42. The Balaban J connectivity index is 1.71. The summed E-state index contributed by atoms with van der Waals surface area (Å²) in [5.41, 5.74) is 3.10. The van der Waals surface area contributed by atoms with Gasteiger partial charge in [0.1, 0.15) is 11.5 Å². The van der Waals surface area contributed by atoms with Gasteiger partial charge in [-0.15, -0.1) is 0 Å². The standard InChI is InChI=1S/C20H23N3O2/c1-22-12-17(24)14-23-10-9-19-16(13-23)3-2-4-20(19)25-18-7-5-15(11-21)6-8-18/h2-8,17,22,24H,9-10,12-14H2,1H3. The fraction of sp³-hybridized carbons (Fsp3) is 0.350. The lowest BCUT2D eigenvalue weighted by molar-refractivity contribution is 0.106. The molecule has 1 aliphatic heterocycles. The second kappa shape index (κ2) is 8.13. The van der Waals surface area contributed by atoms with Crippen molar-refractivity contribution in [2.75, 3.05) is 26.7 Å². The average molecular weight is 337 g/mol. The Bertz CT molecular complexity index is 753. The van der Waals surface area contributed by atoms with E-state index in [9.17, 15) is 5.11 Å². The smallest absolute Gasteiger partial charge is 0.130 e. The predicted molar refractivity (Wildman–Crippen MR) is 96.6 cm³/mol. The number of nitrogens with one attached hydrogen (secondary N) is 1. The Hall–Kier alpha value is -2.39. The van der Waals surface area contributed by atoms with Crippen LogP contribution in [0.25, 0.3) is 0 Å². The van der Waals surface area contributed by atoms with E-state index in [-0.39, 0.29) is 6.10 Å². The SMILES string of the molecule is CNCC(O)CN1CCc2c(cccc2Oc2ccc(C#N)cc2)C1. The van der Waals surface area contributed by atoms with Crippen LogP contribution in [0, 0.1) is 11.3 Å². The molecule has 1 unspecified atom stereocenters. The van der Waals surface area contributed by atoms with Gasteiger partial charge in [-0.25, -0.2) is 0 Å². The average Bonchev–Trinajstić information content (AvgIpc) is 2.62. The number of benzene rings is 2. The minimum atomic E-state index is -0.357. The van der Waals surface area contributed by atoms with Crippen molar-refractivity contribution < 1.29 is 9.84 Å². The third-order valence-corrected chi connectivity index (χ3v) is 4.42. The number of hydrogen-bond donors (Lipinski definition) is 2. The summed E-state index contributed by atoms with van der Waals surface area (Å²) in [6.07, 6.45) is 0.540. The van der Waals surface area contributed by atoms with Crippen molar-refractivity contribution in [3.63, 3.8) is 0 Å². The molecule has 1 aliphatic rings. The molecule has 0 aromatic heterocycles. The number of rotatable bonds is 6. The molecule has 5 nitrogen and oxygen atoms in total. The lowest BCUT2D eigenvalue weighted by atomic mass is 9.98. The largest absolute Gasteiger partial charge is 0.457 e. The van der Waals surface area contributed by atoms with Crippen molar-refractivity contribution in [2.24, 2.45) is 0 Å². The highest BCUT2D eigenvalue weighted by atomic mass is 16.5. The first-order valence-electron chi connectivity index (χ1n) is 8.53. The summed E-state index contributed by atoms with van der Waals surface area (Å²) in [7, 11) is 1.85. The third kappa shape index (κ3) is 4.37. The molecule has 2 aromatic carbocycles. The molecule has 0 saturated carbocycles. The summed E-state index contributed by atoms with van der Waals surface area (Å²) in [5, 5.41) is 21.9. The van der Waals surface area contributed by atoms with Gasteiger partial charge >= 0.3 is 0 Å². The quantitative estimate of drug-likeness (QED) is 0.846. The molecule has 1 atom stereocenters.